The zero-order valence-electron chi connectivity index (χ0n) is 11.1. The number of nitro benzene ring substituents is 1. The fraction of sp³-hybridized carbons (Fsp3) is 0.500. The molecule has 0 bridgehead atoms. The minimum atomic E-state index is -4.32. The number of rotatable bonds is 8. The van der Waals surface area contributed by atoms with Gasteiger partial charge in [-0.3, -0.25) is 10.1 Å². The lowest BCUT2D eigenvalue weighted by molar-refractivity contribution is -0.384. The Morgan fingerprint density at radius 3 is 2.57 bits per heavy atom. The topological polar surface area (TPSA) is 64.4 Å². The molecule has 0 radical (unpaired) electrons. The molecule has 1 rings (SSSR count). The van der Waals surface area contributed by atoms with E-state index < -0.39 is 23.9 Å². The fourth-order valence-corrected chi connectivity index (χ4v) is 1.39. The summed E-state index contributed by atoms with van der Waals surface area (Å²) in [6.45, 7) is 0.817. The number of nitrogens with zero attached hydrogens (tertiary/aromatic N) is 1. The first-order valence-electron chi connectivity index (χ1n) is 6.08. The number of anilines is 1. The van der Waals surface area contributed by atoms with Gasteiger partial charge in [-0.25, -0.2) is 8.78 Å². The normalized spacial score (nSPS) is 11.5. The number of nitro groups is 1. The molecule has 118 valence electrons. The van der Waals surface area contributed by atoms with Crippen molar-refractivity contribution >= 4 is 11.4 Å². The molecule has 21 heavy (non-hydrogen) atoms. The highest BCUT2D eigenvalue weighted by atomic mass is 19.3. The molecular weight excluding hydrogens is 296 g/mol. The summed E-state index contributed by atoms with van der Waals surface area (Å²) in [5.74, 6) is -4.59. The average Bonchev–Trinajstić information content (AvgIpc) is 2.42. The van der Waals surface area contributed by atoms with Crippen LogP contribution in [-0.4, -0.2) is 30.4 Å². The van der Waals surface area contributed by atoms with Crippen LogP contribution in [0.15, 0.2) is 18.2 Å². The van der Waals surface area contributed by atoms with Crippen LogP contribution in [-0.2, 0) is 0 Å². The van der Waals surface area contributed by atoms with Gasteiger partial charge in [0.15, 0.2) is 6.61 Å². The van der Waals surface area contributed by atoms with Crippen LogP contribution in [0.4, 0.5) is 28.9 Å². The lowest BCUT2D eigenvalue weighted by Crippen LogP contribution is -2.33. The van der Waals surface area contributed by atoms with Gasteiger partial charge in [-0.2, -0.15) is 8.78 Å². The lowest BCUT2D eigenvalue weighted by Gasteiger charge is -2.16. The van der Waals surface area contributed by atoms with Crippen molar-refractivity contribution in [3.8, 4) is 5.75 Å². The predicted molar refractivity (Wildman–Crippen MR) is 68.3 cm³/mol. The molecule has 0 aliphatic heterocycles. The largest absolute Gasteiger partial charge is 0.487 e. The third kappa shape index (κ3) is 5.09. The Morgan fingerprint density at radius 2 is 2.05 bits per heavy atom. The second kappa shape index (κ2) is 7.09. The molecule has 0 saturated carbocycles. The first-order valence-corrected chi connectivity index (χ1v) is 6.08. The van der Waals surface area contributed by atoms with Gasteiger partial charge >= 0.3 is 12.3 Å². The summed E-state index contributed by atoms with van der Waals surface area (Å²) in [5.41, 5.74) is -0.0899. The molecule has 0 heterocycles. The van der Waals surface area contributed by atoms with Crippen molar-refractivity contribution < 1.29 is 27.2 Å². The number of nitrogens with one attached hydrogen (secondary N) is 1. The van der Waals surface area contributed by atoms with Gasteiger partial charge in [0.25, 0.3) is 5.69 Å². The van der Waals surface area contributed by atoms with Gasteiger partial charge in [-0.15, -0.1) is 0 Å². The molecule has 5 nitrogen and oxygen atoms in total. The third-order valence-electron chi connectivity index (χ3n) is 2.43. The van der Waals surface area contributed by atoms with Crippen molar-refractivity contribution in [3.05, 3.63) is 28.3 Å². The molecular formula is C12H14F4N2O3. The van der Waals surface area contributed by atoms with Crippen molar-refractivity contribution in [2.24, 2.45) is 0 Å². The number of alkyl halides is 4. The molecule has 0 unspecified atom stereocenters. The molecule has 1 N–H and O–H groups in total. The summed E-state index contributed by atoms with van der Waals surface area (Å²) in [4.78, 5) is 10.0. The summed E-state index contributed by atoms with van der Waals surface area (Å²) in [5, 5.41) is 13.6. The number of hydrogen-bond acceptors (Lipinski definition) is 4. The van der Waals surface area contributed by atoms with Crippen molar-refractivity contribution in [3.63, 3.8) is 0 Å². The zero-order valence-corrected chi connectivity index (χ0v) is 11.1. The van der Waals surface area contributed by atoms with Crippen LogP contribution >= 0.6 is 0 Å². The van der Waals surface area contributed by atoms with Gasteiger partial charge in [0.1, 0.15) is 5.75 Å². The minimum Gasteiger partial charge on any atom is -0.487 e. The van der Waals surface area contributed by atoms with E-state index in [0.29, 0.717) is 12.2 Å². The standard InChI is InChI=1S/C12H14F4N2O3/c1-2-3-17-8-4-9(18(19)20)6-10(5-8)21-7-12(15,16)11(13)14/h4-6,11,17H,2-3,7H2,1H3. The van der Waals surface area contributed by atoms with E-state index in [1.54, 1.807) is 0 Å². The quantitative estimate of drug-likeness (QED) is 0.452. The van der Waals surface area contributed by atoms with Gasteiger partial charge in [0.2, 0.25) is 0 Å². The second-order valence-corrected chi connectivity index (χ2v) is 4.25. The van der Waals surface area contributed by atoms with Crippen LogP contribution < -0.4 is 10.1 Å². The van der Waals surface area contributed by atoms with Gasteiger partial charge in [0, 0.05) is 24.4 Å². The van der Waals surface area contributed by atoms with E-state index in [4.69, 9.17) is 0 Å². The molecule has 0 fully saturated rings. The summed E-state index contributed by atoms with van der Waals surface area (Å²) >= 11 is 0. The maximum Gasteiger partial charge on any atom is 0.340 e. The number of halogens is 4. The highest BCUT2D eigenvalue weighted by Gasteiger charge is 2.41. The monoisotopic (exact) mass is 310 g/mol. The SMILES string of the molecule is CCCNc1cc(OCC(F)(F)C(F)F)cc([N+](=O)[O-])c1. The smallest absolute Gasteiger partial charge is 0.340 e. The van der Waals surface area contributed by atoms with E-state index in [-0.39, 0.29) is 11.4 Å². The summed E-state index contributed by atoms with van der Waals surface area (Å²) in [7, 11) is 0. The minimum absolute atomic E-state index is 0.275. The fourth-order valence-electron chi connectivity index (χ4n) is 1.39. The Kier molecular flexibility index (Phi) is 5.74. The summed E-state index contributed by atoms with van der Waals surface area (Å²) in [6.07, 6.45) is -3.13. The molecule has 1 aromatic rings. The first-order chi connectivity index (χ1) is 9.76. The zero-order chi connectivity index (χ0) is 16.0. The molecule has 1 aromatic carbocycles. The Hall–Kier alpha value is -2.06. The van der Waals surface area contributed by atoms with Crippen LogP contribution in [0.2, 0.25) is 0 Å². The Balaban J connectivity index is 2.90. The van der Waals surface area contributed by atoms with Gasteiger partial charge in [-0.1, -0.05) is 6.92 Å². The van der Waals surface area contributed by atoms with Crippen LogP contribution in [0.25, 0.3) is 0 Å². The molecule has 0 amide bonds. The maximum absolute atomic E-state index is 12.8. The summed E-state index contributed by atoms with van der Waals surface area (Å²) in [6, 6.07) is 3.34. The Bertz CT molecular complexity index is 497. The van der Waals surface area contributed by atoms with Crippen molar-refractivity contribution in [1.82, 2.24) is 0 Å². The first kappa shape index (κ1) is 17.0. The van der Waals surface area contributed by atoms with Crippen LogP contribution in [0.3, 0.4) is 0 Å². The molecule has 0 spiro atoms. The molecule has 9 heteroatoms. The lowest BCUT2D eigenvalue weighted by atomic mass is 10.2. The maximum atomic E-state index is 12.8. The van der Waals surface area contributed by atoms with Crippen LogP contribution in [0.1, 0.15) is 13.3 Å². The van der Waals surface area contributed by atoms with E-state index >= 15 is 0 Å². The molecule has 0 saturated heterocycles. The molecule has 0 atom stereocenters. The number of benzene rings is 1. The van der Waals surface area contributed by atoms with E-state index in [1.807, 2.05) is 6.92 Å². The number of hydrogen-bond donors (Lipinski definition) is 1. The van der Waals surface area contributed by atoms with E-state index in [1.165, 1.54) is 12.1 Å². The Morgan fingerprint density at radius 1 is 1.38 bits per heavy atom. The molecule has 0 aliphatic carbocycles. The van der Waals surface area contributed by atoms with Gasteiger partial charge in [-0.05, 0) is 6.42 Å². The second-order valence-electron chi connectivity index (χ2n) is 4.25. The van der Waals surface area contributed by atoms with E-state index in [2.05, 4.69) is 10.1 Å². The Labute approximate surface area is 118 Å². The van der Waals surface area contributed by atoms with Crippen LogP contribution in [0.5, 0.6) is 5.75 Å². The van der Waals surface area contributed by atoms with Crippen LogP contribution in [0, 0.1) is 10.1 Å². The molecule has 0 aliphatic rings. The predicted octanol–water partition coefficient (Wildman–Crippen LogP) is 3.70. The van der Waals surface area contributed by atoms with Crippen molar-refractivity contribution in [2.75, 3.05) is 18.5 Å². The number of ether oxygens (including phenoxy) is 1. The number of non-ortho nitro benzene ring substituents is 1. The highest BCUT2D eigenvalue weighted by Crippen LogP contribution is 2.29. The highest BCUT2D eigenvalue weighted by molar-refractivity contribution is 5.56. The van der Waals surface area contributed by atoms with Crippen molar-refractivity contribution in [2.45, 2.75) is 25.7 Å². The third-order valence-corrected chi connectivity index (χ3v) is 2.43. The molecule has 0 aromatic heterocycles. The van der Waals surface area contributed by atoms with E-state index in [0.717, 1.165) is 12.5 Å². The van der Waals surface area contributed by atoms with Crippen molar-refractivity contribution in [1.29, 1.82) is 0 Å². The van der Waals surface area contributed by atoms with Gasteiger partial charge in [0.05, 0.1) is 11.0 Å². The van der Waals surface area contributed by atoms with E-state index in [9.17, 15) is 27.7 Å². The van der Waals surface area contributed by atoms with Gasteiger partial charge < -0.3 is 10.1 Å². The average molecular weight is 310 g/mol. The summed E-state index contributed by atoms with van der Waals surface area (Å²) < 4.78 is 54.1.